The van der Waals surface area contributed by atoms with Crippen LogP contribution < -0.4 is 10.1 Å². The predicted molar refractivity (Wildman–Crippen MR) is 112 cm³/mol. The van der Waals surface area contributed by atoms with E-state index in [4.69, 9.17) is 9.47 Å². The van der Waals surface area contributed by atoms with Crippen molar-refractivity contribution in [1.82, 2.24) is 19.6 Å². The van der Waals surface area contributed by atoms with Crippen LogP contribution in [0.4, 0.5) is 5.69 Å². The van der Waals surface area contributed by atoms with Crippen LogP contribution in [-0.2, 0) is 11.3 Å². The van der Waals surface area contributed by atoms with Crippen LogP contribution in [0, 0.1) is 6.92 Å². The highest BCUT2D eigenvalue weighted by Gasteiger charge is 2.16. The fourth-order valence-electron chi connectivity index (χ4n) is 2.84. The first kappa shape index (κ1) is 20.0. The molecule has 156 valence electrons. The number of amides is 1. The van der Waals surface area contributed by atoms with Crippen molar-refractivity contribution in [2.75, 3.05) is 12.4 Å². The highest BCUT2D eigenvalue weighted by Crippen LogP contribution is 2.16. The van der Waals surface area contributed by atoms with E-state index < -0.39 is 5.97 Å². The molecule has 31 heavy (non-hydrogen) atoms. The lowest BCUT2D eigenvalue weighted by atomic mass is 10.1. The maximum absolute atomic E-state index is 12.4. The summed E-state index contributed by atoms with van der Waals surface area (Å²) < 4.78 is 11.9. The van der Waals surface area contributed by atoms with Gasteiger partial charge in [0, 0.05) is 23.1 Å². The van der Waals surface area contributed by atoms with Gasteiger partial charge in [-0.15, -0.1) is 5.10 Å². The number of fused-ring (bicyclic) bond motifs is 1. The number of nitrogens with zero attached hydrogens (tertiary/aromatic N) is 4. The zero-order valence-electron chi connectivity index (χ0n) is 16.9. The molecule has 0 radical (unpaired) electrons. The molecular formula is C22H19N5O4. The zero-order valence-corrected chi connectivity index (χ0v) is 16.9. The molecule has 0 fully saturated rings. The second-order valence-electron chi connectivity index (χ2n) is 6.69. The Labute approximate surface area is 177 Å². The van der Waals surface area contributed by atoms with Gasteiger partial charge in [-0.25, -0.2) is 14.3 Å². The molecule has 4 aromatic rings. The van der Waals surface area contributed by atoms with Gasteiger partial charge in [0.05, 0.1) is 7.11 Å². The van der Waals surface area contributed by atoms with Crippen LogP contribution in [-0.4, -0.2) is 38.6 Å². The Morgan fingerprint density at radius 2 is 1.77 bits per heavy atom. The van der Waals surface area contributed by atoms with E-state index in [2.05, 4.69) is 20.4 Å². The van der Waals surface area contributed by atoms with Crippen molar-refractivity contribution in [3.8, 4) is 5.75 Å². The third kappa shape index (κ3) is 4.50. The standard InChI is InChI=1S/C22H19N5O4/c1-14-11-12-23-22-25-19(26-27(14)22)21(29)31-13-15-3-5-16(6-4-15)20(28)24-17-7-9-18(30-2)10-8-17/h3-12H,13H2,1-2H3,(H,24,28). The number of esters is 1. The number of aromatic nitrogens is 4. The Morgan fingerprint density at radius 3 is 2.45 bits per heavy atom. The molecule has 2 aromatic carbocycles. The van der Waals surface area contributed by atoms with Crippen molar-refractivity contribution in [3.05, 3.63) is 83.4 Å². The number of carbonyl (C=O) groups is 2. The van der Waals surface area contributed by atoms with E-state index in [-0.39, 0.29) is 18.3 Å². The highest BCUT2D eigenvalue weighted by molar-refractivity contribution is 6.04. The molecule has 1 N–H and O–H groups in total. The number of rotatable bonds is 6. The summed E-state index contributed by atoms with van der Waals surface area (Å²) in [5.41, 5.74) is 2.68. The third-order valence-electron chi connectivity index (χ3n) is 4.55. The molecule has 2 aromatic heterocycles. The van der Waals surface area contributed by atoms with Crippen LogP contribution in [0.2, 0.25) is 0 Å². The van der Waals surface area contributed by atoms with Crippen molar-refractivity contribution in [3.63, 3.8) is 0 Å². The second kappa shape index (κ2) is 8.62. The number of hydrogen-bond acceptors (Lipinski definition) is 7. The summed E-state index contributed by atoms with van der Waals surface area (Å²) in [6.45, 7) is 1.87. The number of ether oxygens (including phenoxy) is 2. The van der Waals surface area contributed by atoms with E-state index in [1.807, 2.05) is 6.92 Å². The fourth-order valence-corrected chi connectivity index (χ4v) is 2.84. The summed E-state index contributed by atoms with van der Waals surface area (Å²) >= 11 is 0. The number of methoxy groups -OCH3 is 1. The van der Waals surface area contributed by atoms with Gasteiger partial charge in [0.25, 0.3) is 17.5 Å². The highest BCUT2D eigenvalue weighted by atomic mass is 16.5. The van der Waals surface area contributed by atoms with Crippen LogP contribution >= 0.6 is 0 Å². The van der Waals surface area contributed by atoms with Gasteiger partial charge in [0.15, 0.2) is 0 Å². The summed E-state index contributed by atoms with van der Waals surface area (Å²) in [7, 11) is 1.58. The number of aryl methyl sites for hydroxylation is 1. The Hall–Kier alpha value is -4.27. The lowest BCUT2D eigenvalue weighted by Crippen LogP contribution is -2.12. The monoisotopic (exact) mass is 417 g/mol. The normalized spacial score (nSPS) is 10.6. The van der Waals surface area contributed by atoms with Crippen LogP contribution in [0.15, 0.2) is 60.8 Å². The molecule has 0 aliphatic rings. The third-order valence-corrected chi connectivity index (χ3v) is 4.55. The average molecular weight is 417 g/mol. The van der Waals surface area contributed by atoms with Gasteiger partial charge < -0.3 is 14.8 Å². The summed E-state index contributed by atoms with van der Waals surface area (Å²) in [5.74, 6) is 0.0929. The molecule has 0 saturated heterocycles. The maximum atomic E-state index is 12.4. The zero-order chi connectivity index (χ0) is 21.8. The lowest BCUT2D eigenvalue weighted by molar-refractivity contribution is 0.0458. The molecule has 0 bridgehead atoms. The minimum atomic E-state index is -0.647. The summed E-state index contributed by atoms with van der Waals surface area (Å²) in [6, 6.07) is 15.6. The smallest absolute Gasteiger partial charge is 0.378 e. The van der Waals surface area contributed by atoms with Gasteiger partial charge in [-0.2, -0.15) is 4.98 Å². The van der Waals surface area contributed by atoms with Gasteiger partial charge in [0.2, 0.25) is 0 Å². The molecule has 0 aliphatic heterocycles. The topological polar surface area (TPSA) is 108 Å². The van der Waals surface area contributed by atoms with Crippen molar-refractivity contribution < 1.29 is 19.1 Å². The van der Waals surface area contributed by atoms with Crippen molar-refractivity contribution in [2.24, 2.45) is 0 Å². The van der Waals surface area contributed by atoms with Gasteiger partial charge in [-0.05, 0) is 55.0 Å². The molecule has 0 spiro atoms. The molecule has 1 amide bonds. The van der Waals surface area contributed by atoms with E-state index in [0.717, 1.165) is 11.3 Å². The maximum Gasteiger partial charge on any atom is 0.378 e. The van der Waals surface area contributed by atoms with Crippen molar-refractivity contribution in [1.29, 1.82) is 0 Å². The molecule has 0 saturated carbocycles. The van der Waals surface area contributed by atoms with Crippen LogP contribution in [0.5, 0.6) is 5.75 Å². The van der Waals surface area contributed by atoms with Gasteiger partial charge in [-0.1, -0.05) is 12.1 Å². The molecule has 0 aliphatic carbocycles. The van der Waals surface area contributed by atoms with E-state index >= 15 is 0 Å². The minimum absolute atomic E-state index is 0.0289. The Bertz CT molecular complexity index is 1230. The van der Waals surface area contributed by atoms with Crippen LogP contribution in [0.1, 0.15) is 32.2 Å². The first-order chi connectivity index (χ1) is 15.0. The number of benzene rings is 2. The fraction of sp³-hybridized carbons (Fsp3) is 0.136. The van der Waals surface area contributed by atoms with E-state index in [1.54, 1.807) is 67.9 Å². The molecular weight excluding hydrogens is 398 g/mol. The SMILES string of the molecule is COc1ccc(NC(=O)c2ccc(COC(=O)c3nc4nccc(C)n4n3)cc2)cc1. The molecule has 0 atom stereocenters. The quantitative estimate of drug-likeness (QED) is 0.480. The van der Waals surface area contributed by atoms with Gasteiger partial charge >= 0.3 is 5.97 Å². The number of carbonyl (C=O) groups excluding carboxylic acids is 2. The molecule has 0 unspecified atom stereocenters. The summed E-state index contributed by atoms with van der Waals surface area (Å²) in [5, 5.41) is 6.93. The van der Waals surface area contributed by atoms with E-state index in [9.17, 15) is 9.59 Å². The molecule has 4 rings (SSSR count). The second-order valence-corrected chi connectivity index (χ2v) is 6.69. The summed E-state index contributed by atoms with van der Waals surface area (Å²) in [4.78, 5) is 32.8. The number of nitrogens with one attached hydrogen (secondary N) is 1. The first-order valence-corrected chi connectivity index (χ1v) is 9.43. The number of hydrogen-bond donors (Lipinski definition) is 1. The molecule has 2 heterocycles. The van der Waals surface area contributed by atoms with Crippen LogP contribution in [0.3, 0.4) is 0 Å². The minimum Gasteiger partial charge on any atom is -0.497 e. The molecule has 9 heteroatoms. The van der Waals surface area contributed by atoms with Gasteiger partial charge in [0.1, 0.15) is 12.4 Å². The largest absolute Gasteiger partial charge is 0.497 e. The van der Waals surface area contributed by atoms with Crippen molar-refractivity contribution in [2.45, 2.75) is 13.5 Å². The average Bonchev–Trinajstić information content (AvgIpc) is 3.24. The lowest BCUT2D eigenvalue weighted by Gasteiger charge is -2.07. The Kier molecular flexibility index (Phi) is 5.57. The first-order valence-electron chi connectivity index (χ1n) is 9.43. The van der Waals surface area contributed by atoms with E-state index in [1.165, 1.54) is 4.52 Å². The van der Waals surface area contributed by atoms with Crippen LogP contribution in [0.25, 0.3) is 5.78 Å². The Balaban J connectivity index is 1.35. The number of anilines is 1. The van der Waals surface area contributed by atoms with E-state index in [0.29, 0.717) is 22.8 Å². The Morgan fingerprint density at radius 1 is 1.03 bits per heavy atom. The summed E-state index contributed by atoms with van der Waals surface area (Å²) in [6.07, 6.45) is 1.60. The molecule has 9 nitrogen and oxygen atoms in total. The predicted octanol–water partition coefficient (Wildman–Crippen LogP) is 3.05. The van der Waals surface area contributed by atoms with Gasteiger partial charge in [-0.3, -0.25) is 4.79 Å². The van der Waals surface area contributed by atoms with Crippen molar-refractivity contribution >= 4 is 23.3 Å².